The van der Waals surface area contributed by atoms with E-state index in [9.17, 15) is 9.90 Å². The zero-order chi connectivity index (χ0) is 19.7. The second-order valence-electron chi connectivity index (χ2n) is 6.62. The van der Waals surface area contributed by atoms with Crippen molar-refractivity contribution < 1.29 is 9.90 Å². The molecule has 1 N–H and O–H groups in total. The van der Waals surface area contributed by atoms with Crippen molar-refractivity contribution in [1.82, 2.24) is 4.98 Å². The van der Waals surface area contributed by atoms with E-state index in [1.807, 2.05) is 24.3 Å². The molecule has 1 aromatic heterocycles. The average Bonchev–Trinajstić information content (AvgIpc) is 2.73. The van der Waals surface area contributed by atoms with E-state index in [0.717, 1.165) is 16.7 Å². The van der Waals surface area contributed by atoms with Crippen LogP contribution < -0.4 is 0 Å². The monoisotopic (exact) mass is 364 g/mol. The molecule has 28 heavy (non-hydrogen) atoms. The van der Waals surface area contributed by atoms with E-state index in [0.29, 0.717) is 22.3 Å². The summed E-state index contributed by atoms with van der Waals surface area (Å²) in [5.41, 5.74) is 5.96. The number of nitrogens with zero attached hydrogens (tertiary/aromatic N) is 2. The molecule has 0 atom stereocenters. The molecule has 0 aliphatic rings. The van der Waals surface area contributed by atoms with E-state index in [1.165, 1.54) is 5.56 Å². The van der Waals surface area contributed by atoms with Gasteiger partial charge >= 0.3 is 5.97 Å². The molecule has 0 amide bonds. The van der Waals surface area contributed by atoms with Crippen LogP contribution in [0.5, 0.6) is 0 Å². The van der Waals surface area contributed by atoms with Crippen molar-refractivity contribution in [3.8, 4) is 22.4 Å². The Bertz CT molecular complexity index is 1230. The third-order valence-corrected chi connectivity index (χ3v) is 4.72. The molecule has 0 aliphatic heterocycles. The molecule has 0 saturated carbocycles. The van der Waals surface area contributed by atoms with Crippen LogP contribution in [0.25, 0.3) is 38.1 Å². The van der Waals surface area contributed by atoms with Crippen LogP contribution in [-0.2, 0) is 0 Å². The van der Waals surface area contributed by atoms with Crippen molar-refractivity contribution in [3.63, 3.8) is 0 Å². The van der Waals surface area contributed by atoms with Crippen molar-refractivity contribution in [3.05, 3.63) is 95.3 Å². The average molecular weight is 364 g/mol. The van der Waals surface area contributed by atoms with E-state index >= 15 is 0 Å². The van der Waals surface area contributed by atoms with Crippen LogP contribution in [0.4, 0.5) is 5.69 Å². The Balaban J connectivity index is 1.79. The third-order valence-electron chi connectivity index (χ3n) is 4.72. The zero-order valence-electron chi connectivity index (χ0n) is 15.2. The SMILES string of the molecule is [C-]#[N+]c1ccc2nc(-c3ccc(-c4ccc(C)cc4)cc3)cc(C(=O)O)c2c1. The fraction of sp³-hybridized carbons (Fsp3) is 0.0417. The van der Waals surface area contributed by atoms with Gasteiger partial charge in [-0.05, 0) is 36.2 Å². The summed E-state index contributed by atoms with van der Waals surface area (Å²) >= 11 is 0. The molecule has 0 radical (unpaired) electrons. The van der Waals surface area contributed by atoms with E-state index in [2.05, 4.69) is 41.0 Å². The predicted octanol–water partition coefficient (Wildman–Crippen LogP) is 6.13. The van der Waals surface area contributed by atoms with Gasteiger partial charge in [0.15, 0.2) is 5.69 Å². The van der Waals surface area contributed by atoms with Crippen molar-refractivity contribution in [2.45, 2.75) is 6.92 Å². The predicted molar refractivity (Wildman–Crippen MR) is 111 cm³/mol. The number of aromatic carboxylic acids is 1. The van der Waals surface area contributed by atoms with Crippen LogP contribution in [0.15, 0.2) is 72.8 Å². The highest BCUT2D eigenvalue weighted by Gasteiger charge is 2.13. The molecule has 4 aromatic rings. The first-order chi connectivity index (χ1) is 13.5. The van der Waals surface area contributed by atoms with Gasteiger partial charge in [-0.25, -0.2) is 14.6 Å². The van der Waals surface area contributed by atoms with Gasteiger partial charge in [-0.2, -0.15) is 0 Å². The van der Waals surface area contributed by atoms with Gasteiger partial charge in [0.1, 0.15) is 0 Å². The van der Waals surface area contributed by atoms with Crippen LogP contribution in [-0.4, -0.2) is 16.1 Å². The van der Waals surface area contributed by atoms with Crippen LogP contribution >= 0.6 is 0 Å². The highest BCUT2D eigenvalue weighted by atomic mass is 16.4. The summed E-state index contributed by atoms with van der Waals surface area (Å²) in [5, 5.41) is 10.1. The lowest BCUT2D eigenvalue weighted by Crippen LogP contribution is -2.00. The van der Waals surface area contributed by atoms with Gasteiger partial charge in [-0.15, -0.1) is 0 Å². The Morgan fingerprint density at radius 1 is 0.893 bits per heavy atom. The standard InChI is InChI=1S/C24H16N2O2/c1-15-3-5-16(6-4-15)17-7-9-18(10-8-17)23-14-21(24(27)28)20-13-19(25-2)11-12-22(20)26-23/h3-14H,1H3,(H,27,28). The van der Waals surface area contributed by atoms with Gasteiger partial charge in [-0.3, -0.25) is 0 Å². The number of rotatable bonds is 3. The summed E-state index contributed by atoms with van der Waals surface area (Å²) in [6.07, 6.45) is 0. The molecule has 4 nitrogen and oxygen atoms in total. The van der Waals surface area contributed by atoms with Gasteiger partial charge < -0.3 is 5.11 Å². The second-order valence-corrected chi connectivity index (χ2v) is 6.62. The number of carboxylic acids is 1. The van der Waals surface area contributed by atoms with Gasteiger partial charge in [0.25, 0.3) is 0 Å². The number of benzene rings is 3. The first kappa shape index (κ1) is 17.4. The maximum absolute atomic E-state index is 11.8. The molecule has 0 fully saturated rings. The highest BCUT2D eigenvalue weighted by molar-refractivity contribution is 6.04. The lowest BCUT2D eigenvalue weighted by Gasteiger charge is -2.09. The lowest BCUT2D eigenvalue weighted by atomic mass is 10.00. The Kier molecular flexibility index (Phi) is 4.35. The Hall–Kier alpha value is -3.97. The molecule has 1 heterocycles. The molecule has 4 heteroatoms. The summed E-state index contributed by atoms with van der Waals surface area (Å²) < 4.78 is 0. The van der Waals surface area contributed by atoms with Crippen molar-refractivity contribution in [1.29, 1.82) is 0 Å². The molecule has 0 unspecified atom stereocenters. The van der Waals surface area contributed by atoms with Gasteiger partial charge in [0, 0.05) is 10.9 Å². The van der Waals surface area contributed by atoms with E-state index in [1.54, 1.807) is 24.3 Å². The van der Waals surface area contributed by atoms with E-state index in [-0.39, 0.29) is 5.56 Å². The molecule has 134 valence electrons. The number of aromatic nitrogens is 1. The van der Waals surface area contributed by atoms with Crippen molar-refractivity contribution in [2.75, 3.05) is 0 Å². The van der Waals surface area contributed by atoms with Gasteiger partial charge in [0.05, 0.1) is 23.3 Å². The van der Waals surface area contributed by atoms with Gasteiger partial charge in [0.2, 0.25) is 0 Å². The lowest BCUT2D eigenvalue weighted by molar-refractivity contribution is 0.0699. The second kappa shape index (κ2) is 6.98. The molecule has 0 aliphatic carbocycles. The number of fused-ring (bicyclic) bond motifs is 1. The normalized spacial score (nSPS) is 10.6. The summed E-state index contributed by atoms with van der Waals surface area (Å²) in [4.78, 5) is 19.7. The number of pyridine rings is 1. The fourth-order valence-electron chi connectivity index (χ4n) is 3.19. The fourth-order valence-corrected chi connectivity index (χ4v) is 3.19. The molecular formula is C24H16N2O2. The van der Waals surface area contributed by atoms with E-state index < -0.39 is 5.97 Å². The molecule has 4 rings (SSSR count). The minimum atomic E-state index is -1.04. The maximum atomic E-state index is 11.8. The zero-order valence-corrected chi connectivity index (χ0v) is 15.2. The quantitative estimate of drug-likeness (QED) is 0.445. The summed E-state index contributed by atoms with van der Waals surface area (Å²) in [5.74, 6) is -1.04. The largest absolute Gasteiger partial charge is 0.478 e. The summed E-state index contributed by atoms with van der Waals surface area (Å²) in [7, 11) is 0. The summed E-state index contributed by atoms with van der Waals surface area (Å²) in [6, 6.07) is 22.7. The first-order valence-electron chi connectivity index (χ1n) is 8.78. The molecule has 3 aromatic carbocycles. The topological polar surface area (TPSA) is 54.5 Å². The molecular weight excluding hydrogens is 348 g/mol. The minimum absolute atomic E-state index is 0.146. The first-order valence-corrected chi connectivity index (χ1v) is 8.78. The van der Waals surface area contributed by atoms with Crippen LogP contribution in [0.1, 0.15) is 15.9 Å². The Morgan fingerprint density at radius 2 is 1.50 bits per heavy atom. The Morgan fingerprint density at radius 3 is 2.11 bits per heavy atom. The Labute approximate surface area is 162 Å². The third kappa shape index (κ3) is 3.22. The van der Waals surface area contributed by atoms with Crippen molar-refractivity contribution in [2.24, 2.45) is 0 Å². The smallest absolute Gasteiger partial charge is 0.336 e. The van der Waals surface area contributed by atoms with E-state index in [4.69, 9.17) is 6.57 Å². The number of aryl methyl sites for hydroxylation is 1. The maximum Gasteiger partial charge on any atom is 0.336 e. The highest BCUT2D eigenvalue weighted by Crippen LogP contribution is 2.29. The van der Waals surface area contributed by atoms with Crippen LogP contribution in [0.3, 0.4) is 0 Å². The molecule has 0 bridgehead atoms. The van der Waals surface area contributed by atoms with Crippen LogP contribution in [0, 0.1) is 13.5 Å². The van der Waals surface area contributed by atoms with Crippen LogP contribution in [0.2, 0.25) is 0 Å². The number of carbonyl (C=O) groups is 1. The van der Waals surface area contributed by atoms with Crippen molar-refractivity contribution >= 4 is 22.6 Å². The molecule has 0 spiro atoms. The summed E-state index contributed by atoms with van der Waals surface area (Å²) in [6.45, 7) is 9.19. The number of hydrogen-bond acceptors (Lipinski definition) is 2. The van der Waals surface area contributed by atoms with Gasteiger partial charge in [-0.1, -0.05) is 60.2 Å². The number of hydrogen-bond donors (Lipinski definition) is 1. The molecule has 0 saturated heterocycles. The minimum Gasteiger partial charge on any atom is -0.478 e. The number of carboxylic acid groups (broad SMARTS) is 1.